The molecule has 2 aliphatic rings. The Morgan fingerprint density at radius 1 is 1.35 bits per heavy atom. The summed E-state index contributed by atoms with van der Waals surface area (Å²) >= 11 is 0. The standard InChI is InChI=1S/C28H37N5O4/c1-5-6-18(13-28(4)24(35)22(34)16-37-28)20-7-8-21(33-26(36)25-30-15-19(14-29)31-25)23(32-20)17-9-11-27(2,3)12-10-17/h7-9,15,18,22,24,34-35H,5-6,10-13,16H2,1-4H3,(H,30,31)(H,33,36)/t18?,22-,24-,28+/m1/s1. The summed E-state index contributed by atoms with van der Waals surface area (Å²) in [7, 11) is 0. The van der Waals surface area contributed by atoms with Crippen LogP contribution in [-0.4, -0.2) is 55.5 Å². The molecule has 0 saturated carbocycles. The van der Waals surface area contributed by atoms with Gasteiger partial charge in [0.15, 0.2) is 5.82 Å². The molecule has 2 aromatic rings. The van der Waals surface area contributed by atoms with E-state index in [4.69, 9.17) is 15.0 Å². The van der Waals surface area contributed by atoms with E-state index < -0.39 is 23.7 Å². The third-order valence-corrected chi connectivity index (χ3v) is 7.63. The molecule has 1 unspecified atom stereocenters. The van der Waals surface area contributed by atoms with Gasteiger partial charge in [-0.15, -0.1) is 0 Å². The van der Waals surface area contributed by atoms with E-state index in [0.717, 1.165) is 49.1 Å². The first-order valence-corrected chi connectivity index (χ1v) is 13.0. The van der Waals surface area contributed by atoms with Gasteiger partial charge in [0, 0.05) is 11.6 Å². The van der Waals surface area contributed by atoms with E-state index in [-0.39, 0.29) is 29.5 Å². The molecule has 0 radical (unpaired) electrons. The summed E-state index contributed by atoms with van der Waals surface area (Å²) in [5, 5.41) is 32.6. The van der Waals surface area contributed by atoms with Gasteiger partial charge >= 0.3 is 0 Å². The minimum atomic E-state index is -0.959. The number of nitrogens with zero attached hydrogens (tertiary/aromatic N) is 3. The molecular formula is C28H37N5O4. The number of aliphatic hydroxyl groups excluding tert-OH is 2. The van der Waals surface area contributed by atoms with Crippen molar-refractivity contribution in [1.29, 1.82) is 5.26 Å². The number of hydrogen-bond donors (Lipinski definition) is 4. The molecule has 1 fully saturated rings. The molecule has 3 heterocycles. The Labute approximate surface area is 218 Å². The second-order valence-corrected chi connectivity index (χ2v) is 11.3. The second kappa shape index (κ2) is 10.7. The van der Waals surface area contributed by atoms with Crippen molar-refractivity contribution in [2.24, 2.45) is 5.41 Å². The number of pyridine rings is 1. The van der Waals surface area contributed by atoms with Crippen LogP contribution in [0.4, 0.5) is 5.69 Å². The normalized spacial score (nSPS) is 25.8. The third kappa shape index (κ3) is 5.93. The average Bonchev–Trinajstić information content (AvgIpc) is 3.45. The van der Waals surface area contributed by atoms with Gasteiger partial charge in [-0.3, -0.25) is 9.78 Å². The summed E-state index contributed by atoms with van der Waals surface area (Å²) in [6.45, 7) is 8.56. The third-order valence-electron chi connectivity index (χ3n) is 7.63. The number of carbonyl (C=O) groups excluding carboxylic acids is 1. The molecule has 0 bridgehead atoms. The van der Waals surface area contributed by atoms with Crippen LogP contribution >= 0.6 is 0 Å². The second-order valence-electron chi connectivity index (χ2n) is 11.3. The number of hydrogen-bond acceptors (Lipinski definition) is 7. The van der Waals surface area contributed by atoms with Gasteiger partial charge < -0.3 is 25.3 Å². The molecule has 1 saturated heterocycles. The van der Waals surface area contributed by atoms with Gasteiger partial charge in [0.25, 0.3) is 5.91 Å². The van der Waals surface area contributed by atoms with Gasteiger partial charge in [-0.2, -0.15) is 5.26 Å². The van der Waals surface area contributed by atoms with Crippen LogP contribution in [0.25, 0.3) is 5.57 Å². The first kappa shape index (κ1) is 27.0. The molecule has 0 spiro atoms. The average molecular weight is 508 g/mol. The zero-order valence-electron chi connectivity index (χ0n) is 22.0. The number of carbonyl (C=O) groups is 1. The Morgan fingerprint density at radius 2 is 2.14 bits per heavy atom. The Morgan fingerprint density at radius 3 is 2.73 bits per heavy atom. The molecule has 9 heteroatoms. The summed E-state index contributed by atoms with van der Waals surface area (Å²) in [5.74, 6) is -0.376. The zero-order chi connectivity index (χ0) is 26.8. The number of allylic oxidation sites excluding steroid dienone is 2. The fraction of sp³-hybridized carbons (Fsp3) is 0.571. The van der Waals surface area contributed by atoms with E-state index in [0.29, 0.717) is 12.1 Å². The highest BCUT2D eigenvalue weighted by molar-refractivity contribution is 6.03. The van der Waals surface area contributed by atoms with Crippen molar-refractivity contribution >= 4 is 17.2 Å². The number of anilines is 1. The molecule has 37 heavy (non-hydrogen) atoms. The van der Waals surface area contributed by atoms with Crippen LogP contribution in [0.5, 0.6) is 0 Å². The summed E-state index contributed by atoms with van der Waals surface area (Å²) < 4.78 is 5.84. The zero-order valence-corrected chi connectivity index (χ0v) is 22.0. The highest BCUT2D eigenvalue weighted by atomic mass is 16.5. The summed E-state index contributed by atoms with van der Waals surface area (Å²) in [6.07, 6.45) is 6.74. The predicted molar refractivity (Wildman–Crippen MR) is 140 cm³/mol. The molecule has 4 N–H and O–H groups in total. The Bertz CT molecular complexity index is 1210. The largest absolute Gasteiger partial charge is 0.388 e. The number of rotatable bonds is 8. The number of nitriles is 1. The lowest BCUT2D eigenvalue weighted by molar-refractivity contribution is -0.0605. The van der Waals surface area contributed by atoms with Crippen molar-refractivity contribution in [2.45, 2.75) is 89.9 Å². The first-order valence-electron chi connectivity index (χ1n) is 13.0. The molecular weight excluding hydrogens is 470 g/mol. The highest BCUT2D eigenvalue weighted by Crippen LogP contribution is 2.41. The van der Waals surface area contributed by atoms with Gasteiger partial charge in [-0.25, -0.2) is 4.98 Å². The molecule has 0 aromatic carbocycles. The number of imidazole rings is 1. The van der Waals surface area contributed by atoms with Crippen LogP contribution in [0.3, 0.4) is 0 Å². The summed E-state index contributed by atoms with van der Waals surface area (Å²) in [6, 6.07) is 5.73. The van der Waals surface area contributed by atoms with E-state index in [1.54, 1.807) is 0 Å². The van der Waals surface area contributed by atoms with Crippen molar-refractivity contribution in [2.75, 3.05) is 11.9 Å². The number of H-pyrrole nitrogens is 1. The number of aromatic amines is 1. The van der Waals surface area contributed by atoms with Gasteiger partial charge in [0.1, 0.15) is 24.0 Å². The van der Waals surface area contributed by atoms with Gasteiger partial charge in [0.05, 0.1) is 29.8 Å². The minimum Gasteiger partial charge on any atom is -0.388 e. The topological polar surface area (TPSA) is 144 Å². The number of aromatic nitrogens is 3. The van der Waals surface area contributed by atoms with Gasteiger partial charge in [0.2, 0.25) is 0 Å². The van der Waals surface area contributed by atoms with E-state index in [9.17, 15) is 15.0 Å². The number of aliphatic hydroxyl groups is 2. The van der Waals surface area contributed by atoms with Crippen molar-refractivity contribution in [3.05, 3.63) is 47.3 Å². The molecule has 198 valence electrons. The van der Waals surface area contributed by atoms with Gasteiger partial charge in [-0.1, -0.05) is 33.3 Å². The van der Waals surface area contributed by atoms with Gasteiger partial charge in [-0.05, 0) is 62.1 Å². The number of nitrogens with one attached hydrogen (secondary N) is 2. The molecule has 2 aromatic heterocycles. The highest BCUT2D eigenvalue weighted by Gasteiger charge is 2.46. The predicted octanol–water partition coefficient (Wildman–Crippen LogP) is 4.31. The van der Waals surface area contributed by atoms with Crippen LogP contribution in [-0.2, 0) is 4.74 Å². The fourth-order valence-electron chi connectivity index (χ4n) is 5.25. The monoisotopic (exact) mass is 507 g/mol. The van der Waals surface area contributed by atoms with Crippen molar-refractivity contribution < 1.29 is 19.7 Å². The number of ether oxygens (including phenoxy) is 1. The SMILES string of the molecule is CCCC(C[C@]1(C)OC[C@@H](O)[C@H]1O)c1ccc(NC(=O)c2ncc(C#N)[nH]2)c(C2=CCC(C)(C)CC2)n1. The van der Waals surface area contributed by atoms with Crippen LogP contribution in [0.2, 0.25) is 0 Å². The number of amides is 1. The lowest BCUT2D eigenvalue weighted by atomic mass is 9.77. The van der Waals surface area contributed by atoms with Crippen molar-refractivity contribution in [3.63, 3.8) is 0 Å². The molecule has 4 rings (SSSR count). The van der Waals surface area contributed by atoms with Crippen LogP contribution < -0.4 is 5.32 Å². The molecule has 9 nitrogen and oxygen atoms in total. The Balaban J connectivity index is 1.68. The van der Waals surface area contributed by atoms with Crippen molar-refractivity contribution in [3.8, 4) is 6.07 Å². The fourth-order valence-corrected chi connectivity index (χ4v) is 5.25. The smallest absolute Gasteiger partial charge is 0.291 e. The van der Waals surface area contributed by atoms with Crippen LogP contribution in [0.1, 0.15) is 99.8 Å². The Hall–Kier alpha value is -3.06. The van der Waals surface area contributed by atoms with Crippen molar-refractivity contribution in [1.82, 2.24) is 15.0 Å². The van der Waals surface area contributed by atoms with Crippen LogP contribution in [0.15, 0.2) is 24.4 Å². The molecule has 1 aliphatic carbocycles. The van der Waals surface area contributed by atoms with E-state index >= 15 is 0 Å². The molecule has 1 aliphatic heterocycles. The van der Waals surface area contributed by atoms with E-state index in [1.165, 1.54) is 6.20 Å². The first-order chi connectivity index (χ1) is 17.5. The summed E-state index contributed by atoms with van der Waals surface area (Å²) in [4.78, 5) is 24.7. The quantitative estimate of drug-likeness (QED) is 0.417. The van der Waals surface area contributed by atoms with Crippen LogP contribution in [0, 0.1) is 16.7 Å². The summed E-state index contributed by atoms with van der Waals surface area (Å²) in [5.41, 5.74) is 2.83. The minimum absolute atomic E-state index is 0.00217. The van der Waals surface area contributed by atoms with E-state index in [2.05, 4.69) is 42.1 Å². The lowest BCUT2D eigenvalue weighted by Gasteiger charge is -2.32. The van der Waals surface area contributed by atoms with E-state index in [1.807, 2.05) is 25.1 Å². The Kier molecular flexibility index (Phi) is 7.83. The molecule has 1 amide bonds. The maximum Gasteiger partial charge on any atom is 0.291 e. The maximum atomic E-state index is 12.9. The lowest BCUT2D eigenvalue weighted by Crippen LogP contribution is -2.41. The molecule has 4 atom stereocenters. The maximum absolute atomic E-state index is 12.9.